The van der Waals surface area contributed by atoms with Gasteiger partial charge in [0.1, 0.15) is 30.2 Å². The van der Waals surface area contributed by atoms with Crippen molar-refractivity contribution in [2.75, 3.05) is 13.2 Å². The Balaban J connectivity index is 2.53. The number of benzene rings is 1. The van der Waals surface area contributed by atoms with E-state index in [1.807, 2.05) is 0 Å². The van der Waals surface area contributed by atoms with E-state index in [-0.39, 0.29) is 12.0 Å². The molecule has 4 atom stereocenters. The maximum Gasteiger partial charge on any atom is 0.323 e. The summed E-state index contributed by atoms with van der Waals surface area (Å²) in [5.74, 6) is -2.65. The average molecular weight is 423 g/mol. The first kappa shape index (κ1) is 21.6. The van der Waals surface area contributed by atoms with E-state index in [4.69, 9.17) is 15.9 Å². The summed E-state index contributed by atoms with van der Waals surface area (Å²) in [7, 11) is 0. The van der Waals surface area contributed by atoms with Gasteiger partial charge in [-0.25, -0.2) is 4.39 Å². The number of hydrogen-bond acceptors (Lipinski definition) is 8. The van der Waals surface area contributed by atoms with Crippen LogP contribution in [0.25, 0.3) is 0 Å². The number of Topliss-reactive ketones (excluding diaryl/α,β-unsaturated/α-hetero) is 1. The second-order valence-corrected chi connectivity index (χ2v) is 6.22. The van der Waals surface area contributed by atoms with Crippen molar-refractivity contribution in [1.29, 1.82) is 0 Å². The van der Waals surface area contributed by atoms with E-state index >= 15 is 0 Å². The highest BCUT2D eigenvalue weighted by molar-refractivity contribution is 9.10. The van der Waals surface area contributed by atoms with E-state index in [2.05, 4.69) is 20.7 Å². The van der Waals surface area contributed by atoms with Gasteiger partial charge >= 0.3 is 5.97 Å². The summed E-state index contributed by atoms with van der Waals surface area (Å²) >= 11 is 3.09. The van der Waals surface area contributed by atoms with Crippen LogP contribution in [0.2, 0.25) is 0 Å². The Labute approximate surface area is 151 Å². The number of rotatable bonds is 9. The highest BCUT2D eigenvalue weighted by Crippen LogP contribution is 2.16. The molecule has 0 aliphatic rings. The minimum absolute atomic E-state index is 0.166. The monoisotopic (exact) mass is 422 g/mol. The minimum Gasteiger partial charge on any atom is -0.456 e. The van der Waals surface area contributed by atoms with Crippen LogP contribution in [0.4, 0.5) is 4.39 Å². The van der Waals surface area contributed by atoms with Crippen LogP contribution in [0, 0.1) is 5.82 Å². The molecule has 0 saturated heterocycles. The third-order valence-corrected chi connectivity index (χ3v) is 3.84. The van der Waals surface area contributed by atoms with E-state index in [0.29, 0.717) is 4.47 Å². The molecule has 0 amide bonds. The number of aliphatic hydroxyl groups is 4. The molecule has 1 aromatic rings. The molecule has 0 bridgehead atoms. The first-order valence-corrected chi connectivity index (χ1v) is 8.00. The summed E-state index contributed by atoms with van der Waals surface area (Å²) in [5, 5.41) is 36.7. The van der Waals surface area contributed by atoms with Gasteiger partial charge in [-0.15, -0.1) is 0 Å². The summed E-state index contributed by atoms with van der Waals surface area (Å²) in [4.78, 5) is 23.3. The molecule has 1 aromatic carbocycles. The van der Waals surface area contributed by atoms with Crippen molar-refractivity contribution in [2.24, 2.45) is 5.73 Å². The Morgan fingerprint density at radius 2 is 1.92 bits per heavy atom. The molecule has 6 N–H and O–H groups in total. The predicted molar refractivity (Wildman–Crippen MR) is 86.9 cm³/mol. The van der Waals surface area contributed by atoms with Gasteiger partial charge in [-0.3, -0.25) is 9.59 Å². The molecule has 0 spiro atoms. The van der Waals surface area contributed by atoms with Crippen molar-refractivity contribution in [3.63, 3.8) is 0 Å². The van der Waals surface area contributed by atoms with E-state index < -0.39 is 55.1 Å². The van der Waals surface area contributed by atoms with Gasteiger partial charge < -0.3 is 30.9 Å². The number of carbonyl (C=O) groups excluding carboxylic acids is 2. The highest BCUT2D eigenvalue weighted by atomic mass is 79.9. The maximum absolute atomic E-state index is 13.7. The van der Waals surface area contributed by atoms with Crippen LogP contribution in [0.5, 0.6) is 0 Å². The average Bonchev–Trinajstić information content (AvgIpc) is 2.59. The molecule has 140 valence electrons. The van der Waals surface area contributed by atoms with Gasteiger partial charge in [-0.1, -0.05) is 22.0 Å². The van der Waals surface area contributed by atoms with E-state index in [1.54, 1.807) is 6.07 Å². The first-order chi connectivity index (χ1) is 11.7. The van der Waals surface area contributed by atoms with Crippen LogP contribution >= 0.6 is 15.9 Å². The second kappa shape index (κ2) is 9.90. The lowest BCUT2D eigenvalue weighted by Gasteiger charge is -2.20. The van der Waals surface area contributed by atoms with Crippen LogP contribution in [0.1, 0.15) is 5.56 Å². The summed E-state index contributed by atoms with van der Waals surface area (Å²) in [6.45, 7) is -1.76. The van der Waals surface area contributed by atoms with Crippen molar-refractivity contribution in [3.8, 4) is 0 Å². The van der Waals surface area contributed by atoms with E-state index in [9.17, 15) is 24.2 Å². The number of ether oxygens (including phenoxy) is 1. The first-order valence-electron chi connectivity index (χ1n) is 7.21. The molecule has 0 aromatic heterocycles. The topological polar surface area (TPSA) is 150 Å². The molecule has 0 aliphatic carbocycles. The number of carbonyl (C=O) groups is 2. The zero-order valence-corrected chi connectivity index (χ0v) is 14.6. The zero-order valence-electron chi connectivity index (χ0n) is 13.0. The fourth-order valence-corrected chi connectivity index (χ4v) is 2.18. The standard InChI is InChI=1S/C15H19BrFNO7/c16-8-2-1-7(9(17)4-8)3-10(18)15(24)25-6-12(21)14(23)13(22)11(20)5-19/h1-2,4,10-11,13-14,19-20,22-23H,3,5-6,18H2/t10-,11+,13+,14+/m0/s1/i17-1. The van der Waals surface area contributed by atoms with Crippen LogP contribution in [0.15, 0.2) is 22.7 Å². The Bertz CT molecular complexity index is 616. The van der Waals surface area contributed by atoms with Gasteiger partial charge in [0.25, 0.3) is 0 Å². The number of aliphatic hydroxyl groups excluding tert-OH is 4. The van der Waals surface area contributed by atoms with Crippen molar-refractivity contribution in [2.45, 2.75) is 30.8 Å². The summed E-state index contributed by atoms with van der Waals surface area (Å²) in [6, 6.07) is 2.98. The number of halogens is 2. The molecule has 0 heterocycles. The molecular formula is C15H19BrFNO7. The lowest BCUT2D eigenvalue weighted by atomic mass is 10.0. The molecule has 0 aliphatic heterocycles. The van der Waals surface area contributed by atoms with Gasteiger partial charge in [0, 0.05) is 10.9 Å². The van der Waals surface area contributed by atoms with Gasteiger partial charge in [-0.05, 0) is 17.7 Å². The summed E-state index contributed by atoms with van der Waals surface area (Å²) in [5.41, 5.74) is 5.78. The van der Waals surface area contributed by atoms with Gasteiger partial charge in [0.15, 0.2) is 6.61 Å². The molecule has 10 heteroatoms. The molecule has 25 heavy (non-hydrogen) atoms. The molecule has 1 rings (SSSR count). The second-order valence-electron chi connectivity index (χ2n) is 5.31. The Morgan fingerprint density at radius 1 is 1.28 bits per heavy atom. The SMILES string of the molecule is N[C@@H](Cc1ccc(Br)cc1[18F])C(=O)OCC(=O)[C@@H](O)[C@H](O)[C@H](O)CO. The van der Waals surface area contributed by atoms with Crippen LogP contribution in [0.3, 0.4) is 0 Å². The van der Waals surface area contributed by atoms with Crippen molar-refractivity contribution in [3.05, 3.63) is 34.1 Å². The lowest BCUT2D eigenvalue weighted by molar-refractivity contribution is -0.156. The van der Waals surface area contributed by atoms with Crippen molar-refractivity contribution >= 4 is 27.7 Å². The molecule has 0 fully saturated rings. The molecule has 8 nitrogen and oxygen atoms in total. The number of ketones is 1. The Hall–Kier alpha value is -1.43. The smallest absolute Gasteiger partial charge is 0.323 e. The fraction of sp³-hybridized carbons (Fsp3) is 0.467. The minimum atomic E-state index is -2.05. The van der Waals surface area contributed by atoms with Gasteiger partial charge in [0.05, 0.1) is 6.61 Å². The predicted octanol–water partition coefficient (Wildman–Crippen LogP) is -1.35. The van der Waals surface area contributed by atoms with Gasteiger partial charge in [-0.2, -0.15) is 0 Å². The molecular weight excluding hydrogens is 404 g/mol. The largest absolute Gasteiger partial charge is 0.456 e. The number of esters is 1. The third-order valence-electron chi connectivity index (χ3n) is 3.35. The summed E-state index contributed by atoms with van der Waals surface area (Å²) in [6.07, 6.45) is -5.87. The van der Waals surface area contributed by atoms with Crippen LogP contribution in [-0.4, -0.2) is 69.7 Å². The Morgan fingerprint density at radius 3 is 2.48 bits per heavy atom. The number of hydrogen-bond donors (Lipinski definition) is 5. The molecule has 0 unspecified atom stereocenters. The normalized spacial score (nSPS) is 16.0. The molecule has 0 radical (unpaired) electrons. The highest BCUT2D eigenvalue weighted by Gasteiger charge is 2.30. The lowest BCUT2D eigenvalue weighted by Crippen LogP contribution is -2.45. The van der Waals surface area contributed by atoms with Gasteiger partial charge in [0.2, 0.25) is 5.78 Å². The van der Waals surface area contributed by atoms with E-state index in [1.165, 1.54) is 12.1 Å². The molecule has 0 saturated carbocycles. The van der Waals surface area contributed by atoms with Crippen LogP contribution < -0.4 is 5.73 Å². The number of nitrogens with two attached hydrogens (primary N) is 1. The fourth-order valence-electron chi connectivity index (χ4n) is 1.85. The van der Waals surface area contributed by atoms with Crippen LogP contribution in [-0.2, 0) is 20.7 Å². The third kappa shape index (κ3) is 6.42. The van der Waals surface area contributed by atoms with E-state index in [0.717, 1.165) is 0 Å². The van der Waals surface area contributed by atoms with Crippen molar-refractivity contribution < 1.29 is 39.1 Å². The maximum atomic E-state index is 13.7. The van der Waals surface area contributed by atoms with Crippen molar-refractivity contribution in [1.82, 2.24) is 0 Å². The quantitative estimate of drug-likeness (QED) is 0.306. The zero-order chi connectivity index (χ0) is 19.1. The Kier molecular flexibility index (Phi) is 8.56. The summed E-state index contributed by atoms with van der Waals surface area (Å²) < 4.78 is 18.8.